The van der Waals surface area contributed by atoms with E-state index in [1.54, 1.807) is 0 Å². The SMILES string of the molecule is CC.CN1CCC(CCCc2ccccc2)CC1. The van der Waals surface area contributed by atoms with Crippen molar-refractivity contribution in [3.8, 4) is 0 Å². The van der Waals surface area contributed by atoms with Crippen molar-refractivity contribution in [1.29, 1.82) is 0 Å². The van der Waals surface area contributed by atoms with Crippen LogP contribution in [0.4, 0.5) is 0 Å². The molecule has 0 spiro atoms. The monoisotopic (exact) mass is 247 g/mol. The fraction of sp³-hybridized carbons (Fsp3) is 0.647. The van der Waals surface area contributed by atoms with Crippen LogP contribution in [-0.2, 0) is 6.42 Å². The molecule has 1 heteroatoms. The van der Waals surface area contributed by atoms with Crippen LogP contribution < -0.4 is 0 Å². The maximum absolute atomic E-state index is 2.45. The highest BCUT2D eigenvalue weighted by molar-refractivity contribution is 5.14. The molecule has 1 saturated heterocycles. The highest BCUT2D eigenvalue weighted by Gasteiger charge is 2.15. The van der Waals surface area contributed by atoms with Crippen LogP contribution in [0.15, 0.2) is 30.3 Å². The first-order chi connectivity index (χ1) is 8.84. The summed E-state index contributed by atoms with van der Waals surface area (Å²) in [6.45, 7) is 6.60. The predicted molar refractivity (Wildman–Crippen MR) is 80.9 cm³/mol. The standard InChI is InChI=1S/C15H23N.C2H6/c1-16-12-10-15(11-13-16)9-5-8-14-6-3-2-4-7-14;1-2/h2-4,6-7,15H,5,8-13H2,1H3;1-2H3. The van der Waals surface area contributed by atoms with Crippen LogP contribution in [0.25, 0.3) is 0 Å². The van der Waals surface area contributed by atoms with E-state index >= 15 is 0 Å². The van der Waals surface area contributed by atoms with Gasteiger partial charge in [0.25, 0.3) is 0 Å². The predicted octanol–water partition coefficient (Wildman–Crippen LogP) is 4.38. The summed E-state index contributed by atoms with van der Waals surface area (Å²) in [7, 11) is 2.24. The molecule has 0 atom stereocenters. The van der Waals surface area contributed by atoms with Gasteiger partial charge in [-0.05, 0) is 57.3 Å². The summed E-state index contributed by atoms with van der Waals surface area (Å²) in [6.07, 6.45) is 6.85. The number of rotatable bonds is 4. The molecule has 1 aromatic carbocycles. The smallest absolute Gasteiger partial charge is 0.00191 e. The van der Waals surface area contributed by atoms with Crippen molar-refractivity contribution in [2.75, 3.05) is 20.1 Å². The zero-order chi connectivity index (χ0) is 13.2. The lowest BCUT2D eigenvalue weighted by atomic mass is 9.91. The fourth-order valence-corrected chi connectivity index (χ4v) is 2.59. The van der Waals surface area contributed by atoms with Crippen LogP contribution in [0, 0.1) is 5.92 Å². The van der Waals surface area contributed by atoms with E-state index in [4.69, 9.17) is 0 Å². The summed E-state index contributed by atoms with van der Waals surface area (Å²) < 4.78 is 0. The van der Waals surface area contributed by atoms with E-state index in [2.05, 4.69) is 42.3 Å². The molecule has 1 aliphatic rings. The average molecular weight is 247 g/mol. The first-order valence-electron chi connectivity index (χ1n) is 7.57. The summed E-state index contributed by atoms with van der Waals surface area (Å²) in [6, 6.07) is 10.9. The topological polar surface area (TPSA) is 3.24 Å². The van der Waals surface area contributed by atoms with Gasteiger partial charge in [0.15, 0.2) is 0 Å². The van der Waals surface area contributed by atoms with Crippen molar-refractivity contribution in [2.24, 2.45) is 5.92 Å². The third kappa shape index (κ3) is 5.68. The molecule has 0 N–H and O–H groups in total. The third-order valence-electron chi connectivity index (χ3n) is 3.76. The van der Waals surface area contributed by atoms with Gasteiger partial charge in [0.1, 0.15) is 0 Å². The molecule has 0 bridgehead atoms. The van der Waals surface area contributed by atoms with E-state index in [1.807, 2.05) is 13.8 Å². The number of nitrogens with zero attached hydrogens (tertiary/aromatic N) is 1. The van der Waals surface area contributed by atoms with Gasteiger partial charge < -0.3 is 4.90 Å². The van der Waals surface area contributed by atoms with Crippen molar-refractivity contribution >= 4 is 0 Å². The average Bonchev–Trinajstić information content (AvgIpc) is 2.44. The zero-order valence-corrected chi connectivity index (χ0v) is 12.4. The number of piperidine rings is 1. The molecule has 1 nitrogen and oxygen atoms in total. The maximum atomic E-state index is 2.45. The number of aryl methyl sites for hydroxylation is 1. The van der Waals surface area contributed by atoms with Crippen molar-refractivity contribution in [1.82, 2.24) is 4.90 Å². The Balaban J connectivity index is 0.000000771. The Labute approximate surface area is 113 Å². The minimum atomic E-state index is 0.986. The Kier molecular flexibility index (Phi) is 7.75. The van der Waals surface area contributed by atoms with E-state index in [0.29, 0.717) is 0 Å². The van der Waals surface area contributed by atoms with Gasteiger partial charge in [-0.2, -0.15) is 0 Å². The lowest BCUT2D eigenvalue weighted by Gasteiger charge is -2.28. The molecule has 0 aromatic heterocycles. The van der Waals surface area contributed by atoms with E-state index in [1.165, 1.54) is 50.8 Å². The van der Waals surface area contributed by atoms with Crippen molar-refractivity contribution in [2.45, 2.75) is 46.0 Å². The molecule has 0 saturated carbocycles. The van der Waals surface area contributed by atoms with Crippen LogP contribution in [0.5, 0.6) is 0 Å². The fourth-order valence-electron chi connectivity index (χ4n) is 2.59. The van der Waals surface area contributed by atoms with Crippen LogP contribution in [0.1, 0.15) is 45.1 Å². The molecular formula is C17H29N. The molecular weight excluding hydrogens is 218 g/mol. The van der Waals surface area contributed by atoms with Gasteiger partial charge in [-0.25, -0.2) is 0 Å². The first-order valence-corrected chi connectivity index (χ1v) is 7.57. The molecule has 1 aliphatic heterocycles. The van der Waals surface area contributed by atoms with Gasteiger partial charge in [0.05, 0.1) is 0 Å². The summed E-state index contributed by atoms with van der Waals surface area (Å²) in [5, 5.41) is 0. The number of likely N-dealkylation sites (tertiary alicyclic amines) is 1. The molecule has 2 rings (SSSR count). The molecule has 0 amide bonds. The second kappa shape index (κ2) is 9.16. The quantitative estimate of drug-likeness (QED) is 0.763. The van der Waals surface area contributed by atoms with Crippen LogP contribution in [-0.4, -0.2) is 25.0 Å². The summed E-state index contributed by atoms with van der Waals surface area (Å²) >= 11 is 0. The summed E-state index contributed by atoms with van der Waals surface area (Å²) in [5.74, 6) is 0.986. The molecule has 1 heterocycles. The highest BCUT2D eigenvalue weighted by atomic mass is 15.1. The van der Waals surface area contributed by atoms with Gasteiger partial charge in [-0.15, -0.1) is 0 Å². The number of benzene rings is 1. The van der Waals surface area contributed by atoms with E-state index in [9.17, 15) is 0 Å². The molecule has 0 aliphatic carbocycles. The Morgan fingerprint density at radius 3 is 2.28 bits per heavy atom. The lowest BCUT2D eigenvalue weighted by Crippen LogP contribution is -2.30. The van der Waals surface area contributed by atoms with E-state index in [0.717, 1.165) is 5.92 Å². The molecule has 0 unspecified atom stereocenters. The molecule has 1 aromatic rings. The van der Waals surface area contributed by atoms with Crippen LogP contribution in [0.3, 0.4) is 0 Å². The van der Waals surface area contributed by atoms with Gasteiger partial charge >= 0.3 is 0 Å². The van der Waals surface area contributed by atoms with Crippen LogP contribution >= 0.6 is 0 Å². The van der Waals surface area contributed by atoms with Gasteiger partial charge in [0.2, 0.25) is 0 Å². The first kappa shape index (κ1) is 15.2. The van der Waals surface area contributed by atoms with Crippen LogP contribution in [0.2, 0.25) is 0 Å². The van der Waals surface area contributed by atoms with Gasteiger partial charge in [-0.3, -0.25) is 0 Å². The zero-order valence-electron chi connectivity index (χ0n) is 12.4. The Morgan fingerprint density at radius 2 is 1.67 bits per heavy atom. The number of hydrogen-bond donors (Lipinski definition) is 0. The summed E-state index contributed by atoms with van der Waals surface area (Å²) in [5.41, 5.74) is 1.50. The highest BCUT2D eigenvalue weighted by Crippen LogP contribution is 2.21. The van der Waals surface area contributed by atoms with E-state index in [-0.39, 0.29) is 0 Å². The molecule has 0 radical (unpaired) electrons. The summed E-state index contributed by atoms with van der Waals surface area (Å²) in [4.78, 5) is 2.45. The second-order valence-corrected chi connectivity index (χ2v) is 5.12. The second-order valence-electron chi connectivity index (χ2n) is 5.12. The van der Waals surface area contributed by atoms with Crippen molar-refractivity contribution < 1.29 is 0 Å². The minimum absolute atomic E-state index is 0.986. The third-order valence-corrected chi connectivity index (χ3v) is 3.76. The Morgan fingerprint density at radius 1 is 1.06 bits per heavy atom. The minimum Gasteiger partial charge on any atom is -0.306 e. The maximum Gasteiger partial charge on any atom is -0.00191 e. The molecule has 1 fully saturated rings. The Hall–Kier alpha value is -0.820. The van der Waals surface area contributed by atoms with Gasteiger partial charge in [-0.1, -0.05) is 50.6 Å². The lowest BCUT2D eigenvalue weighted by molar-refractivity contribution is 0.210. The van der Waals surface area contributed by atoms with Crippen molar-refractivity contribution in [3.05, 3.63) is 35.9 Å². The van der Waals surface area contributed by atoms with E-state index < -0.39 is 0 Å². The number of hydrogen-bond acceptors (Lipinski definition) is 1. The van der Waals surface area contributed by atoms with Gasteiger partial charge in [0, 0.05) is 0 Å². The molecule has 18 heavy (non-hydrogen) atoms. The van der Waals surface area contributed by atoms with Crippen molar-refractivity contribution in [3.63, 3.8) is 0 Å². The normalized spacial score (nSPS) is 17.1. The largest absolute Gasteiger partial charge is 0.306 e. The Bertz CT molecular complexity index is 286. The molecule has 102 valence electrons.